The fraction of sp³-hybridized carbons (Fsp3) is 0.786. The Morgan fingerprint density at radius 2 is 2.10 bits per heavy atom. The van der Waals surface area contributed by atoms with Gasteiger partial charge in [0.15, 0.2) is 0 Å². The molecule has 3 aliphatic rings. The van der Waals surface area contributed by atoms with Crippen molar-refractivity contribution in [3.05, 3.63) is 12.7 Å². The van der Waals surface area contributed by atoms with Gasteiger partial charge in [0.1, 0.15) is 18.4 Å². The molecule has 3 atom stereocenters. The van der Waals surface area contributed by atoms with Crippen LogP contribution in [0.25, 0.3) is 0 Å². The van der Waals surface area contributed by atoms with E-state index in [9.17, 15) is 13.6 Å². The van der Waals surface area contributed by atoms with Gasteiger partial charge < -0.3 is 5.32 Å². The Balaban J connectivity index is 1.56. The molecular formula is C14H18F2N4O. The Morgan fingerprint density at radius 3 is 2.62 bits per heavy atom. The lowest BCUT2D eigenvalue weighted by molar-refractivity contribution is -0.136. The van der Waals surface area contributed by atoms with Gasteiger partial charge >= 0.3 is 0 Å². The third-order valence-electron chi connectivity index (χ3n) is 5.50. The minimum atomic E-state index is -2.77. The minimum Gasteiger partial charge on any atom is -0.315 e. The molecule has 3 fully saturated rings. The third kappa shape index (κ3) is 2.01. The maximum Gasteiger partial charge on any atom is 0.258 e. The number of rotatable bonds is 3. The van der Waals surface area contributed by atoms with Crippen LogP contribution in [-0.4, -0.2) is 39.6 Å². The van der Waals surface area contributed by atoms with E-state index in [0.29, 0.717) is 6.42 Å². The number of carbonyl (C=O) groups excluding carboxylic acids is 1. The van der Waals surface area contributed by atoms with Crippen molar-refractivity contribution in [3.8, 4) is 0 Å². The summed E-state index contributed by atoms with van der Waals surface area (Å²) >= 11 is 0. The summed E-state index contributed by atoms with van der Waals surface area (Å²) in [6.07, 6.45) is 5.28. The van der Waals surface area contributed by atoms with Crippen LogP contribution in [0.1, 0.15) is 31.7 Å². The van der Waals surface area contributed by atoms with Crippen LogP contribution in [0.2, 0.25) is 0 Å². The summed E-state index contributed by atoms with van der Waals surface area (Å²) in [6.45, 7) is 1.54. The summed E-state index contributed by atoms with van der Waals surface area (Å²) in [7, 11) is 0. The Morgan fingerprint density at radius 1 is 1.33 bits per heavy atom. The third-order valence-corrected chi connectivity index (χ3v) is 5.50. The average molecular weight is 296 g/mol. The monoisotopic (exact) mass is 296 g/mol. The molecule has 1 aliphatic heterocycles. The predicted octanol–water partition coefficient (Wildman–Crippen LogP) is 1.43. The number of aromatic nitrogens is 3. The zero-order valence-corrected chi connectivity index (χ0v) is 11.6. The van der Waals surface area contributed by atoms with Gasteiger partial charge in [-0.3, -0.25) is 4.79 Å². The highest BCUT2D eigenvalue weighted by Gasteiger charge is 2.64. The van der Waals surface area contributed by atoms with E-state index in [0.717, 1.165) is 25.9 Å². The summed E-state index contributed by atoms with van der Waals surface area (Å²) in [6, 6.07) is 0.0973. The van der Waals surface area contributed by atoms with Gasteiger partial charge in [0.2, 0.25) is 0 Å². The summed E-state index contributed by atoms with van der Waals surface area (Å²) in [5, 5.41) is 7.36. The first-order chi connectivity index (χ1) is 10.0. The number of nitrogens with zero attached hydrogens (tertiary/aromatic N) is 3. The standard InChI is InChI=1S/C14H18F2N4O/c15-14(16)4-11(14)12(21)10-3-9(20-8-18-7-19-20)1-2-13(10)5-17-6-13/h7-11,17H,1-6H2. The van der Waals surface area contributed by atoms with E-state index in [1.54, 1.807) is 11.0 Å². The highest BCUT2D eigenvalue weighted by Crippen LogP contribution is 2.55. The van der Waals surface area contributed by atoms with E-state index in [2.05, 4.69) is 15.4 Å². The van der Waals surface area contributed by atoms with E-state index in [4.69, 9.17) is 0 Å². The fourth-order valence-electron chi connectivity index (χ4n) is 3.97. The Labute approximate surface area is 121 Å². The SMILES string of the molecule is O=C(C1CC1(F)F)C1CC(n2cncn2)CCC12CNC2. The molecule has 0 radical (unpaired) electrons. The normalized spacial score (nSPS) is 36.2. The van der Waals surface area contributed by atoms with E-state index < -0.39 is 11.8 Å². The first-order valence-electron chi connectivity index (χ1n) is 7.48. The number of Topliss-reactive ketones (excluding diaryl/α,β-unsaturated/α-hetero) is 1. The summed E-state index contributed by atoms with van der Waals surface area (Å²) in [5.41, 5.74) is -0.104. The molecule has 2 saturated carbocycles. The number of hydrogen-bond donors (Lipinski definition) is 1. The second kappa shape index (κ2) is 4.32. The predicted molar refractivity (Wildman–Crippen MR) is 69.8 cm³/mol. The molecule has 0 aromatic carbocycles. The van der Waals surface area contributed by atoms with Crippen molar-refractivity contribution in [2.75, 3.05) is 13.1 Å². The van der Waals surface area contributed by atoms with Crippen molar-refractivity contribution < 1.29 is 13.6 Å². The lowest BCUT2D eigenvalue weighted by Crippen LogP contribution is -2.61. The van der Waals surface area contributed by atoms with Crippen LogP contribution >= 0.6 is 0 Å². The summed E-state index contributed by atoms with van der Waals surface area (Å²) in [4.78, 5) is 16.5. The van der Waals surface area contributed by atoms with Crippen molar-refractivity contribution in [2.24, 2.45) is 17.3 Å². The first kappa shape index (κ1) is 13.3. The second-order valence-electron chi connectivity index (χ2n) is 6.74. The van der Waals surface area contributed by atoms with Gasteiger partial charge in [-0.1, -0.05) is 0 Å². The minimum absolute atomic E-state index is 0.0973. The zero-order chi connectivity index (χ0) is 14.7. The van der Waals surface area contributed by atoms with E-state index >= 15 is 0 Å². The summed E-state index contributed by atoms with van der Waals surface area (Å²) < 4.78 is 28.3. The Hall–Kier alpha value is -1.37. The summed E-state index contributed by atoms with van der Waals surface area (Å²) in [5.74, 6) is -4.32. The molecule has 1 spiro atoms. The maximum absolute atomic E-state index is 13.3. The van der Waals surface area contributed by atoms with Gasteiger partial charge in [-0.25, -0.2) is 18.4 Å². The van der Waals surface area contributed by atoms with Crippen LogP contribution in [0.5, 0.6) is 0 Å². The number of alkyl halides is 2. The molecule has 7 heteroatoms. The van der Waals surface area contributed by atoms with Crippen LogP contribution < -0.4 is 5.32 Å². The van der Waals surface area contributed by atoms with Crippen molar-refractivity contribution >= 4 is 5.78 Å². The number of ketones is 1. The van der Waals surface area contributed by atoms with Crippen molar-refractivity contribution in [1.82, 2.24) is 20.1 Å². The molecular weight excluding hydrogens is 278 g/mol. The van der Waals surface area contributed by atoms with Crippen LogP contribution in [0.4, 0.5) is 8.78 Å². The van der Waals surface area contributed by atoms with Crippen molar-refractivity contribution in [2.45, 2.75) is 37.6 Å². The van der Waals surface area contributed by atoms with Gasteiger partial charge in [-0.2, -0.15) is 5.10 Å². The lowest BCUT2D eigenvalue weighted by Gasteiger charge is -2.52. The van der Waals surface area contributed by atoms with Crippen molar-refractivity contribution in [3.63, 3.8) is 0 Å². The maximum atomic E-state index is 13.3. The molecule has 0 amide bonds. The van der Waals surface area contributed by atoms with E-state index in [1.165, 1.54) is 6.33 Å². The number of nitrogens with one attached hydrogen (secondary N) is 1. The van der Waals surface area contributed by atoms with Crippen LogP contribution in [-0.2, 0) is 4.79 Å². The van der Waals surface area contributed by atoms with Gasteiger partial charge in [-0.15, -0.1) is 0 Å². The number of carbonyl (C=O) groups is 1. The molecule has 1 saturated heterocycles. The van der Waals surface area contributed by atoms with Gasteiger partial charge in [-0.05, 0) is 19.3 Å². The topological polar surface area (TPSA) is 59.8 Å². The molecule has 1 N–H and O–H groups in total. The zero-order valence-electron chi connectivity index (χ0n) is 11.6. The molecule has 1 aromatic rings. The molecule has 2 aliphatic carbocycles. The molecule has 1 aromatic heterocycles. The smallest absolute Gasteiger partial charge is 0.258 e. The molecule has 3 unspecified atom stereocenters. The fourth-order valence-corrected chi connectivity index (χ4v) is 3.97. The highest BCUT2D eigenvalue weighted by atomic mass is 19.3. The lowest BCUT2D eigenvalue weighted by atomic mass is 9.59. The number of hydrogen-bond acceptors (Lipinski definition) is 4. The highest BCUT2D eigenvalue weighted by molar-refractivity contribution is 5.88. The van der Waals surface area contributed by atoms with Gasteiger partial charge in [0.25, 0.3) is 5.92 Å². The molecule has 4 rings (SSSR count). The second-order valence-corrected chi connectivity index (χ2v) is 6.74. The number of halogens is 2. The average Bonchev–Trinajstić information content (AvgIpc) is 2.87. The van der Waals surface area contributed by atoms with Crippen LogP contribution in [0, 0.1) is 17.3 Å². The quantitative estimate of drug-likeness (QED) is 0.917. The molecule has 2 heterocycles. The Bertz CT molecular complexity index is 555. The molecule has 0 bridgehead atoms. The van der Waals surface area contributed by atoms with Crippen LogP contribution in [0.15, 0.2) is 12.7 Å². The van der Waals surface area contributed by atoms with E-state index in [-0.39, 0.29) is 29.6 Å². The molecule has 114 valence electrons. The Kier molecular flexibility index (Phi) is 2.73. The van der Waals surface area contributed by atoms with Crippen molar-refractivity contribution in [1.29, 1.82) is 0 Å². The van der Waals surface area contributed by atoms with Gasteiger partial charge in [0.05, 0.1) is 12.0 Å². The van der Waals surface area contributed by atoms with Crippen LogP contribution in [0.3, 0.4) is 0 Å². The molecule has 21 heavy (non-hydrogen) atoms. The largest absolute Gasteiger partial charge is 0.315 e. The molecule has 5 nitrogen and oxygen atoms in total. The van der Waals surface area contributed by atoms with Gasteiger partial charge in [0, 0.05) is 30.8 Å². The first-order valence-corrected chi connectivity index (χ1v) is 7.48. The van der Waals surface area contributed by atoms with E-state index in [1.807, 2.05) is 0 Å².